The fourth-order valence-corrected chi connectivity index (χ4v) is 2.31. The maximum absolute atomic E-state index is 11.4. The second kappa shape index (κ2) is 6.93. The topological polar surface area (TPSA) is 49.3 Å². The van der Waals surface area contributed by atoms with E-state index in [1.807, 2.05) is 56.3 Å². The van der Waals surface area contributed by atoms with Crippen LogP contribution in [0.25, 0.3) is 0 Å². The van der Waals surface area contributed by atoms with Crippen molar-refractivity contribution in [2.24, 2.45) is 5.92 Å². The van der Waals surface area contributed by atoms with Crippen LogP contribution in [0.3, 0.4) is 0 Å². The summed E-state index contributed by atoms with van der Waals surface area (Å²) < 4.78 is 0. The zero-order valence-corrected chi connectivity index (χ0v) is 12.4. The minimum atomic E-state index is -0.820. The van der Waals surface area contributed by atoms with Crippen molar-refractivity contribution in [2.75, 3.05) is 5.32 Å². The van der Waals surface area contributed by atoms with Gasteiger partial charge in [-0.3, -0.25) is 0 Å². The van der Waals surface area contributed by atoms with Gasteiger partial charge in [-0.05, 0) is 29.5 Å². The fraction of sp³-hybridized carbons (Fsp3) is 0.278. The lowest BCUT2D eigenvalue weighted by atomic mass is 10.0. The molecule has 110 valence electrons. The van der Waals surface area contributed by atoms with Crippen LogP contribution in [-0.4, -0.2) is 17.1 Å². The molecular weight excluding hydrogens is 262 g/mol. The first kappa shape index (κ1) is 15.1. The molecule has 2 aromatic carbocycles. The lowest BCUT2D eigenvalue weighted by Crippen LogP contribution is -2.34. The Morgan fingerprint density at radius 3 is 2.29 bits per heavy atom. The normalized spacial score (nSPS) is 12.1. The van der Waals surface area contributed by atoms with Gasteiger partial charge in [-0.15, -0.1) is 0 Å². The minimum Gasteiger partial charge on any atom is -0.480 e. The van der Waals surface area contributed by atoms with E-state index in [4.69, 9.17) is 0 Å². The summed E-state index contributed by atoms with van der Waals surface area (Å²) in [5.74, 6) is -0.799. The molecule has 0 aliphatic heterocycles. The van der Waals surface area contributed by atoms with Crippen LogP contribution in [0.1, 0.15) is 25.0 Å². The van der Waals surface area contributed by atoms with Crippen LogP contribution < -0.4 is 5.32 Å². The molecule has 0 heterocycles. The molecule has 0 aliphatic carbocycles. The number of anilines is 1. The number of hydrogen-bond acceptors (Lipinski definition) is 2. The second-order valence-corrected chi connectivity index (χ2v) is 5.52. The first-order chi connectivity index (χ1) is 10.1. The molecule has 0 saturated carbocycles. The predicted octanol–water partition coefficient (Wildman–Crippen LogP) is 3.80. The van der Waals surface area contributed by atoms with Crippen LogP contribution in [0.2, 0.25) is 0 Å². The van der Waals surface area contributed by atoms with Crippen LogP contribution in [0, 0.1) is 5.92 Å². The molecule has 21 heavy (non-hydrogen) atoms. The molecule has 2 rings (SSSR count). The molecule has 0 aliphatic rings. The number of benzene rings is 2. The van der Waals surface area contributed by atoms with Crippen molar-refractivity contribution < 1.29 is 9.90 Å². The molecule has 0 spiro atoms. The summed E-state index contributed by atoms with van der Waals surface area (Å²) >= 11 is 0. The average molecular weight is 283 g/mol. The van der Waals surface area contributed by atoms with Gasteiger partial charge in [-0.2, -0.15) is 0 Å². The van der Waals surface area contributed by atoms with E-state index >= 15 is 0 Å². The van der Waals surface area contributed by atoms with Crippen molar-refractivity contribution in [1.82, 2.24) is 0 Å². The number of nitrogens with one attached hydrogen (secondary N) is 1. The van der Waals surface area contributed by atoms with Crippen molar-refractivity contribution in [3.63, 3.8) is 0 Å². The van der Waals surface area contributed by atoms with E-state index < -0.39 is 12.0 Å². The van der Waals surface area contributed by atoms with E-state index in [2.05, 4.69) is 17.4 Å². The third-order valence-corrected chi connectivity index (χ3v) is 3.50. The van der Waals surface area contributed by atoms with E-state index in [0.29, 0.717) is 0 Å². The van der Waals surface area contributed by atoms with Crippen LogP contribution in [0.15, 0.2) is 54.6 Å². The standard InChI is InChI=1S/C18H21NO2/c1-13(2)17(18(20)21)19-16-11-7-6-10-15(16)12-14-8-4-3-5-9-14/h3-11,13,17,19H,12H2,1-2H3,(H,20,21). The largest absolute Gasteiger partial charge is 0.480 e. The summed E-state index contributed by atoms with van der Waals surface area (Å²) in [6, 6.07) is 17.5. The Balaban J connectivity index is 2.22. The number of hydrogen-bond donors (Lipinski definition) is 2. The summed E-state index contributed by atoms with van der Waals surface area (Å²) in [6.07, 6.45) is 0.786. The van der Waals surface area contributed by atoms with Gasteiger partial charge in [-0.1, -0.05) is 62.4 Å². The third-order valence-electron chi connectivity index (χ3n) is 3.50. The van der Waals surface area contributed by atoms with E-state index in [1.165, 1.54) is 5.56 Å². The van der Waals surface area contributed by atoms with Crippen molar-refractivity contribution >= 4 is 11.7 Å². The van der Waals surface area contributed by atoms with E-state index in [0.717, 1.165) is 17.7 Å². The molecule has 1 unspecified atom stereocenters. The molecule has 3 heteroatoms. The molecule has 0 bridgehead atoms. The van der Waals surface area contributed by atoms with Crippen molar-refractivity contribution in [1.29, 1.82) is 0 Å². The van der Waals surface area contributed by atoms with Crippen molar-refractivity contribution in [2.45, 2.75) is 26.3 Å². The van der Waals surface area contributed by atoms with Crippen LogP contribution in [0.4, 0.5) is 5.69 Å². The smallest absolute Gasteiger partial charge is 0.326 e. The first-order valence-corrected chi connectivity index (χ1v) is 7.19. The Kier molecular flexibility index (Phi) is 4.99. The Hall–Kier alpha value is -2.29. The Bertz CT molecular complexity index is 593. The van der Waals surface area contributed by atoms with E-state index in [1.54, 1.807) is 0 Å². The van der Waals surface area contributed by atoms with E-state index in [9.17, 15) is 9.90 Å². The molecule has 0 radical (unpaired) electrons. The molecule has 2 aromatic rings. The second-order valence-electron chi connectivity index (χ2n) is 5.52. The van der Waals surface area contributed by atoms with Gasteiger partial charge < -0.3 is 10.4 Å². The van der Waals surface area contributed by atoms with Crippen LogP contribution in [0.5, 0.6) is 0 Å². The Morgan fingerprint density at radius 1 is 1.05 bits per heavy atom. The summed E-state index contributed by atoms with van der Waals surface area (Å²) in [4.78, 5) is 11.4. The molecule has 0 fully saturated rings. The highest BCUT2D eigenvalue weighted by atomic mass is 16.4. The average Bonchev–Trinajstić information content (AvgIpc) is 2.46. The quantitative estimate of drug-likeness (QED) is 0.847. The molecular formula is C18H21NO2. The van der Waals surface area contributed by atoms with Gasteiger partial charge in [0, 0.05) is 5.69 Å². The fourth-order valence-electron chi connectivity index (χ4n) is 2.31. The van der Waals surface area contributed by atoms with Gasteiger partial charge in [-0.25, -0.2) is 4.79 Å². The van der Waals surface area contributed by atoms with Gasteiger partial charge in [0.15, 0.2) is 0 Å². The highest BCUT2D eigenvalue weighted by molar-refractivity contribution is 5.78. The predicted molar refractivity (Wildman–Crippen MR) is 85.6 cm³/mol. The summed E-state index contributed by atoms with van der Waals surface area (Å²) in [6.45, 7) is 3.82. The van der Waals surface area contributed by atoms with Gasteiger partial charge in [0.05, 0.1) is 0 Å². The van der Waals surface area contributed by atoms with Gasteiger partial charge in [0.1, 0.15) is 6.04 Å². The van der Waals surface area contributed by atoms with E-state index in [-0.39, 0.29) is 5.92 Å². The highest BCUT2D eigenvalue weighted by Gasteiger charge is 2.21. The van der Waals surface area contributed by atoms with Gasteiger partial charge >= 0.3 is 5.97 Å². The molecule has 2 N–H and O–H groups in total. The lowest BCUT2D eigenvalue weighted by molar-refractivity contribution is -0.138. The zero-order chi connectivity index (χ0) is 15.2. The van der Waals surface area contributed by atoms with Crippen LogP contribution >= 0.6 is 0 Å². The molecule has 0 aromatic heterocycles. The first-order valence-electron chi connectivity index (χ1n) is 7.19. The summed E-state index contributed by atoms with van der Waals surface area (Å²) in [7, 11) is 0. The molecule has 1 atom stereocenters. The number of aliphatic carboxylic acids is 1. The van der Waals surface area contributed by atoms with Crippen LogP contribution in [-0.2, 0) is 11.2 Å². The number of carboxylic acids is 1. The monoisotopic (exact) mass is 283 g/mol. The Morgan fingerprint density at radius 2 is 1.67 bits per heavy atom. The highest BCUT2D eigenvalue weighted by Crippen LogP contribution is 2.21. The zero-order valence-electron chi connectivity index (χ0n) is 12.4. The maximum Gasteiger partial charge on any atom is 0.326 e. The summed E-state index contributed by atoms with van der Waals surface area (Å²) in [5.41, 5.74) is 3.21. The SMILES string of the molecule is CC(C)C(Nc1ccccc1Cc1ccccc1)C(=O)O. The minimum absolute atomic E-state index is 0.0206. The maximum atomic E-state index is 11.4. The molecule has 0 saturated heterocycles. The molecule has 0 amide bonds. The number of rotatable bonds is 6. The molecule has 3 nitrogen and oxygen atoms in total. The number of carboxylic acid groups (broad SMARTS) is 1. The van der Waals surface area contributed by atoms with Crippen molar-refractivity contribution in [3.05, 3.63) is 65.7 Å². The van der Waals surface area contributed by atoms with Gasteiger partial charge in [0.2, 0.25) is 0 Å². The number of para-hydroxylation sites is 1. The summed E-state index contributed by atoms with van der Waals surface area (Å²) in [5, 5.41) is 12.5. The Labute approximate surface area is 125 Å². The lowest BCUT2D eigenvalue weighted by Gasteiger charge is -2.21. The van der Waals surface area contributed by atoms with Crippen molar-refractivity contribution in [3.8, 4) is 0 Å². The third kappa shape index (κ3) is 4.09. The van der Waals surface area contributed by atoms with Gasteiger partial charge in [0.25, 0.3) is 0 Å². The number of carbonyl (C=O) groups is 1.